The van der Waals surface area contributed by atoms with Crippen LogP contribution in [-0.2, 0) is 35.3 Å². The molecule has 0 unspecified atom stereocenters. The lowest BCUT2D eigenvalue weighted by atomic mass is 9.95. The minimum absolute atomic E-state index is 0.00661. The number of nitrogens with one attached hydrogen (secondary N) is 1. The van der Waals surface area contributed by atoms with Crippen molar-refractivity contribution in [2.75, 3.05) is 0 Å². The molecule has 0 aliphatic heterocycles. The number of hydrogen-bond donors (Lipinski definition) is 2. The molecule has 0 bridgehead atoms. The zero-order chi connectivity index (χ0) is 24.0. The van der Waals surface area contributed by atoms with Gasteiger partial charge in [-0.2, -0.15) is 13.2 Å². The molecule has 172 valence electrons. The van der Waals surface area contributed by atoms with E-state index in [1.54, 1.807) is 30.3 Å². The third-order valence-electron chi connectivity index (χ3n) is 4.74. The standard InChI is InChI=1S/C24H19F4NO4/c25-21-9-6-16(11-22(30)31)10-20(21)19-8-7-18(24(26,27)28)12-17(19)13-29-23(32)33-14-15-4-2-1-3-5-15/h1-10,12H,11,13-14H2,(H,29,32)(H,30,31). The Balaban J connectivity index is 1.86. The van der Waals surface area contributed by atoms with Crippen LogP contribution in [0.5, 0.6) is 0 Å². The van der Waals surface area contributed by atoms with E-state index in [0.29, 0.717) is 0 Å². The third kappa shape index (κ3) is 6.55. The Kier molecular flexibility index (Phi) is 7.32. The zero-order valence-electron chi connectivity index (χ0n) is 17.2. The second kappa shape index (κ2) is 10.2. The number of alkyl carbamates (subject to hydrolysis) is 1. The largest absolute Gasteiger partial charge is 0.481 e. The van der Waals surface area contributed by atoms with E-state index >= 15 is 0 Å². The zero-order valence-corrected chi connectivity index (χ0v) is 17.2. The molecule has 33 heavy (non-hydrogen) atoms. The highest BCUT2D eigenvalue weighted by atomic mass is 19.4. The number of hydrogen-bond acceptors (Lipinski definition) is 3. The molecular weight excluding hydrogens is 442 g/mol. The van der Waals surface area contributed by atoms with Crippen molar-refractivity contribution in [2.24, 2.45) is 0 Å². The maximum Gasteiger partial charge on any atom is 0.416 e. The molecule has 0 spiro atoms. The predicted molar refractivity (Wildman–Crippen MR) is 112 cm³/mol. The number of aliphatic carboxylic acids is 1. The summed E-state index contributed by atoms with van der Waals surface area (Å²) in [4.78, 5) is 23.1. The summed E-state index contributed by atoms with van der Waals surface area (Å²) in [7, 11) is 0. The van der Waals surface area contributed by atoms with Gasteiger partial charge in [0, 0.05) is 12.1 Å². The van der Waals surface area contributed by atoms with Crippen LogP contribution in [0.3, 0.4) is 0 Å². The molecule has 1 amide bonds. The molecular formula is C24H19F4NO4. The number of carbonyl (C=O) groups excluding carboxylic acids is 1. The van der Waals surface area contributed by atoms with E-state index in [0.717, 1.165) is 29.8 Å². The van der Waals surface area contributed by atoms with E-state index in [4.69, 9.17) is 9.84 Å². The van der Waals surface area contributed by atoms with Gasteiger partial charge in [-0.15, -0.1) is 0 Å². The minimum atomic E-state index is -4.65. The van der Waals surface area contributed by atoms with Gasteiger partial charge in [-0.05, 0) is 46.5 Å². The van der Waals surface area contributed by atoms with Crippen LogP contribution in [0.25, 0.3) is 11.1 Å². The summed E-state index contributed by atoms with van der Waals surface area (Å²) in [6.45, 7) is -0.399. The van der Waals surface area contributed by atoms with Crippen molar-refractivity contribution in [3.63, 3.8) is 0 Å². The Morgan fingerprint density at radius 2 is 1.64 bits per heavy atom. The van der Waals surface area contributed by atoms with Crippen molar-refractivity contribution in [2.45, 2.75) is 25.7 Å². The van der Waals surface area contributed by atoms with E-state index in [-0.39, 0.29) is 41.8 Å². The van der Waals surface area contributed by atoms with Gasteiger partial charge in [-0.3, -0.25) is 4.79 Å². The molecule has 0 radical (unpaired) electrons. The Morgan fingerprint density at radius 3 is 2.30 bits per heavy atom. The summed E-state index contributed by atoms with van der Waals surface area (Å²) in [5, 5.41) is 11.4. The molecule has 0 fully saturated rings. The molecule has 3 aromatic rings. The summed E-state index contributed by atoms with van der Waals surface area (Å²) in [6, 6.07) is 15.1. The number of benzene rings is 3. The number of carboxylic acid groups (broad SMARTS) is 1. The molecule has 0 aliphatic rings. The first kappa shape index (κ1) is 23.8. The normalized spacial score (nSPS) is 11.2. The number of rotatable bonds is 7. The second-order valence-electron chi connectivity index (χ2n) is 7.17. The average Bonchev–Trinajstić information content (AvgIpc) is 2.77. The number of ether oxygens (including phenoxy) is 1. The summed E-state index contributed by atoms with van der Waals surface area (Å²) >= 11 is 0. The number of halogens is 4. The number of carboxylic acids is 1. The van der Waals surface area contributed by atoms with Crippen molar-refractivity contribution >= 4 is 12.1 Å². The predicted octanol–water partition coefficient (Wildman–Crippen LogP) is 5.57. The van der Waals surface area contributed by atoms with Crippen LogP contribution in [-0.4, -0.2) is 17.2 Å². The van der Waals surface area contributed by atoms with E-state index in [2.05, 4.69) is 5.32 Å². The van der Waals surface area contributed by atoms with Gasteiger partial charge in [-0.25, -0.2) is 9.18 Å². The van der Waals surface area contributed by atoms with Gasteiger partial charge < -0.3 is 15.2 Å². The molecule has 2 N–H and O–H groups in total. The van der Waals surface area contributed by atoms with E-state index < -0.39 is 29.6 Å². The minimum Gasteiger partial charge on any atom is -0.481 e. The lowest BCUT2D eigenvalue weighted by Gasteiger charge is -2.16. The smallest absolute Gasteiger partial charge is 0.416 e. The van der Waals surface area contributed by atoms with Gasteiger partial charge in [0.05, 0.1) is 12.0 Å². The monoisotopic (exact) mass is 461 g/mol. The fourth-order valence-electron chi connectivity index (χ4n) is 3.18. The van der Waals surface area contributed by atoms with Crippen molar-refractivity contribution in [1.82, 2.24) is 5.32 Å². The first-order valence-electron chi connectivity index (χ1n) is 9.79. The van der Waals surface area contributed by atoms with E-state index in [1.165, 1.54) is 12.1 Å². The van der Waals surface area contributed by atoms with Gasteiger partial charge in [0.2, 0.25) is 0 Å². The molecule has 0 heterocycles. The summed E-state index contributed by atoms with van der Waals surface area (Å²) < 4.78 is 59.3. The molecule has 3 rings (SSSR count). The molecule has 0 aromatic heterocycles. The lowest BCUT2D eigenvalue weighted by Crippen LogP contribution is -2.24. The van der Waals surface area contributed by atoms with Crippen LogP contribution in [0.15, 0.2) is 66.7 Å². The highest BCUT2D eigenvalue weighted by Gasteiger charge is 2.31. The highest BCUT2D eigenvalue weighted by molar-refractivity contribution is 5.74. The topological polar surface area (TPSA) is 75.6 Å². The molecule has 0 aliphatic carbocycles. The summed E-state index contributed by atoms with van der Waals surface area (Å²) in [5.41, 5.74) is 0.0494. The molecule has 0 atom stereocenters. The Bertz CT molecular complexity index is 1150. The summed E-state index contributed by atoms with van der Waals surface area (Å²) in [6.07, 6.45) is -5.89. The number of amides is 1. The van der Waals surface area contributed by atoms with Gasteiger partial charge in [0.15, 0.2) is 0 Å². The first-order valence-corrected chi connectivity index (χ1v) is 9.79. The Morgan fingerprint density at radius 1 is 0.909 bits per heavy atom. The van der Waals surface area contributed by atoms with Crippen LogP contribution in [0, 0.1) is 5.82 Å². The van der Waals surface area contributed by atoms with Crippen molar-refractivity contribution in [3.05, 3.63) is 94.8 Å². The van der Waals surface area contributed by atoms with Crippen LogP contribution in [0.2, 0.25) is 0 Å². The number of alkyl halides is 3. The quantitative estimate of drug-likeness (QED) is 0.452. The van der Waals surface area contributed by atoms with Gasteiger partial charge in [0.25, 0.3) is 0 Å². The van der Waals surface area contributed by atoms with Gasteiger partial charge in [-0.1, -0.05) is 42.5 Å². The maximum atomic E-state index is 14.5. The Hall–Kier alpha value is -3.88. The van der Waals surface area contributed by atoms with E-state index in [9.17, 15) is 27.2 Å². The molecule has 9 heteroatoms. The van der Waals surface area contributed by atoms with Crippen LogP contribution in [0.1, 0.15) is 22.3 Å². The van der Waals surface area contributed by atoms with Crippen LogP contribution >= 0.6 is 0 Å². The van der Waals surface area contributed by atoms with Gasteiger partial charge in [0.1, 0.15) is 12.4 Å². The fourth-order valence-corrected chi connectivity index (χ4v) is 3.18. The number of carbonyl (C=O) groups is 2. The highest BCUT2D eigenvalue weighted by Crippen LogP contribution is 2.34. The summed E-state index contributed by atoms with van der Waals surface area (Å²) in [5.74, 6) is -1.88. The SMILES string of the molecule is O=C(O)Cc1ccc(F)c(-c2ccc(C(F)(F)F)cc2CNC(=O)OCc2ccccc2)c1. The van der Waals surface area contributed by atoms with Crippen LogP contribution in [0.4, 0.5) is 22.4 Å². The van der Waals surface area contributed by atoms with Crippen molar-refractivity contribution in [3.8, 4) is 11.1 Å². The maximum absolute atomic E-state index is 14.5. The fraction of sp³-hybridized carbons (Fsp3) is 0.167. The molecule has 5 nitrogen and oxygen atoms in total. The van der Waals surface area contributed by atoms with Crippen molar-refractivity contribution in [1.29, 1.82) is 0 Å². The molecule has 0 saturated carbocycles. The van der Waals surface area contributed by atoms with Crippen molar-refractivity contribution < 1.29 is 37.0 Å². The second-order valence-corrected chi connectivity index (χ2v) is 7.17. The van der Waals surface area contributed by atoms with Crippen LogP contribution < -0.4 is 5.32 Å². The van der Waals surface area contributed by atoms with E-state index in [1.807, 2.05) is 0 Å². The molecule has 3 aromatic carbocycles. The van der Waals surface area contributed by atoms with Gasteiger partial charge >= 0.3 is 18.2 Å². The Labute approximate surface area is 186 Å². The lowest BCUT2D eigenvalue weighted by molar-refractivity contribution is -0.138. The molecule has 0 saturated heterocycles. The third-order valence-corrected chi connectivity index (χ3v) is 4.74. The first-order chi connectivity index (χ1) is 15.6. The average molecular weight is 461 g/mol.